The van der Waals surface area contributed by atoms with Gasteiger partial charge in [-0.05, 0) is 31.6 Å². The zero-order chi connectivity index (χ0) is 11.2. The highest BCUT2D eigenvalue weighted by atomic mass is 16.3. The minimum Gasteiger partial charge on any atom is -0.395 e. The molecule has 0 saturated heterocycles. The lowest BCUT2D eigenvalue weighted by atomic mass is 9.83. The SMILES string of the molecule is OCC(NC1CCCCC1)C1CCCCC1. The molecule has 0 heterocycles. The van der Waals surface area contributed by atoms with E-state index in [-0.39, 0.29) is 0 Å². The van der Waals surface area contributed by atoms with Crippen LogP contribution in [-0.4, -0.2) is 23.8 Å². The number of hydrogen-bond donors (Lipinski definition) is 2. The summed E-state index contributed by atoms with van der Waals surface area (Å²) >= 11 is 0. The van der Waals surface area contributed by atoms with Gasteiger partial charge in [0.15, 0.2) is 0 Å². The Labute approximate surface area is 99.8 Å². The van der Waals surface area contributed by atoms with Crippen molar-refractivity contribution >= 4 is 0 Å². The van der Waals surface area contributed by atoms with Gasteiger partial charge in [-0.3, -0.25) is 0 Å². The van der Waals surface area contributed by atoms with Gasteiger partial charge in [0.05, 0.1) is 6.61 Å². The number of aliphatic hydroxyl groups excluding tert-OH is 1. The normalized spacial score (nSPS) is 26.8. The van der Waals surface area contributed by atoms with Gasteiger partial charge in [-0.2, -0.15) is 0 Å². The van der Waals surface area contributed by atoms with Crippen LogP contribution < -0.4 is 5.32 Å². The van der Waals surface area contributed by atoms with Crippen LogP contribution in [0.25, 0.3) is 0 Å². The second kappa shape index (κ2) is 6.61. The van der Waals surface area contributed by atoms with Crippen molar-refractivity contribution in [2.24, 2.45) is 5.92 Å². The lowest BCUT2D eigenvalue weighted by molar-refractivity contribution is 0.153. The second-order valence-electron chi connectivity index (χ2n) is 5.69. The van der Waals surface area contributed by atoms with E-state index in [1.807, 2.05) is 0 Å². The molecule has 94 valence electrons. The largest absolute Gasteiger partial charge is 0.395 e. The molecule has 2 rings (SSSR count). The van der Waals surface area contributed by atoms with Crippen LogP contribution in [-0.2, 0) is 0 Å². The van der Waals surface area contributed by atoms with E-state index in [1.165, 1.54) is 64.2 Å². The molecule has 0 aromatic carbocycles. The van der Waals surface area contributed by atoms with Crippen molar-refractivity contribution in [2.45, 2.75) is 76.3 Å². The fourth-order valence-electron chi connectivity index (χ4n) is 3.45. The molecule has 2 saturated carbocycles. The molecular weight excluding hydrogens is 198 g/mol. The van der Waals surface area contributed by atoms with Crippen LogP contribution in [0.4, 0.5) is 0 Å². The first kappa shape index (κ1) is 12.4. The Kier molecular flexibility index (Phi) is 5.11. The van der Waals surface area contributed by atoms with Gasteiger partial charge in [0.25, 0.3) is 0 Å². The Balaban J connectivity index is 1.78. The highest BCUT2D eigenvalue weighted by Gasteiger charge is 2.25. The maximum atomic E-state index is 9.55. The lowest BCUT2D eigenvalue weighted by Crippen LogP contribution is -2.46. The van der Waals surface area contributed by atoms with Crippen molar-refractivity contribution in [1.29, 1.82) is 0 Å². The van der Waals surface area contributed by atoms with Crippen molar-refractivity contribution in [3.05, 3.63) is 0 Å². The van der Waals surface area contributed by atoms with Crippen molar-refractivity contribution in [2.75, 3.05) is 6.61 Å². The molecule has 2 N–H and O–H groups in total. The van der Waals surface area contributed by atoms with Crippen LogP contribution in [0.5, 0.6) is 0 Å². The Morgan fingerprint density at radius 3 is 2.00 bits per heavy atom. The molecular formula is C14H27NO. The van der Waals surface area contributed by atoms with E-state index < -0.39 is 0 Å². The molecule has 0 bridgehead atoms. The van der Waals surface area contributed by atoms with E-state index >= 15 is 0 Å². The van der Waals surface area contributed by atoms with Gasteiger partial charge in [-0.15, -0.1) is 0 Å². The molecule has 0 aromatic heterocycles. The average molecular weight is 225 g/mol. The van der Waals surface area contributed by atoms with Crippen molar-refractivity contribution in [1.82, 2.24) is 5.32 Å². The molecule has 2 heteroatoms. The van der Waals surface area contributed by atoms with Gasteiger partial charge in [0, 0.05) is 12.1 Å². The van der Waals surface area contributed by atoms with E-state index in [1.54, 1.807) is 0 Å². The molecule has 2 nitrogen and oxygen atoms in total. The number of nitrogens with one attached hydrogen (secondary N) is 1. The Bertz CT molecular complexity index is 183. The molecule has 1 unspecified atom stereocenters. The molecule has 2 aliphatic carbocycles. The van der Waals surface area contributed by atoms with E-state index in [4.69, 9.17) is 0 Å². The fraction of sp³-hybridized carbons (Fsp3) is 1.00. The zero-order valence-electron chi connectivity index (χ0n) is 10.5. The van der Waals surface area contributed by atoms with Gasteiger partial charge < -0.3 is 10.4 Å². The monoisotopic (exact) mass is 225 g/mol. The van der Waals surface area contributed by atoms with Crippen LogP contribution in [0.2, 0.25) is 0 Å². The average Bonchev–Trinajstić information content (AvgIpc) is 2.38. The van der Waals surface area contributed by atoms with E-state index in [9.17, 15) is 5.11 Å². The molecule has 0 spiro atoms. The topological polar surface area (TPSA) is 32.3 Å². The minimum atomic E-state index is 0.334. The molecule has 2 fully saturated rings. The second-order valence-corrected chi connectivity index (χ2v) is 5.69. The molecule has 0 aromatic rings. The Morgan fingerprint density at radius 2 is 1.44 bits per heavy atom. The molecule has 2 aliphatic rings. The third kappa shape index (κ3) is 3.46. The predicted molar refractivity (Wildman–Crippen MR) is 67.5 cm³/mol. The molecule has 1 atom stereocenters. The summed E-state index contributed by atoms with van der Waals surface area (Å²) in [6.07, 6.45) is 13.6. The minimum absolute atomic E-state index is 0.334. The van der Waals surface area contributed by atoms with Crippen molar-refractivity contribution in [3.63, 3.8) is 0 Å². The third-order valence-electron chi connectivity index (χ3n) is 4.47. The van der Waals surface area contributed by atoms with Gasteiger partial charge in [-0.25, -0.2) is 0 Å². The highest BCUT2D eigenvalue weighted by Crippen LogP contribution is 2.27. The maximum absolute atomic E-state index is 9.55. The summed E-state index contributed by atoms with van der Waals surface area (Å²) in [5, 5.41) is 13.3. The van der Waals surface area contributed by atoms with Crippen LogP contribution in [0, 0.1) is 5.92 Å². The standard InChI is InChI=1S/C14H27NO/c16-11-14(12-7-3-1-4-8-12)15-13-9-5-2-6-10-13/h12-16H,1-11H2. The lowest BCUT2D eigenvalue weighted by Gasteiger charge is -2.34. The van der Waals surface area contributed by atoms with Gasteiger partial charge >= 0.3 is 0 Å². The van der Waals surface area contributed by atoms with Crippen LogP contribution in [0.3, 0.4) is 0 Å². The summed E-state index contributed by atoms with van der Waals surface area (Å²) in [5.74, 6) is 0.737. The summed E-state index contributed by atoms with van der Waals surface area (Å²) in [6, 6.07) is 1.07. The van der Waals surface area contributed by atoms with Crippen molar-refractivity contribution in [3.8, 4) is 0 Å². The summed E-state index contributed by atoms with van der Waals surface area (Å²) in [5.41, 5.74) is 0. The van der Waals surface area contributed by atoms with E-state index in [0.717, 1.165) is 5.92 Å². The fourth-order valence-corrected chi connectivity index (χ4v) is 3.45. The first-order valence-electron chi connectivity index (χ1n) is 7.27. The smallest absolute Gasteiger partial charge is 0.0587 e. The third-order valence-corrected chi connectivity index (χ3v) is 4.47. The van der Waals surface area contributed by atoms with Crippen LogP contribution in [0.1, 0.15) is 64.2 Å². The van der Waals surface area contributed by atoms with Gasteiger partial charge in [0.1, 0.15) is 0 Å². The maximum Gasteiger partial charge on any atom is 0.0587 e. The quantitative estimate of drug-likeness (QED) is 0.771. The zero-order valence-corrected chi connectivity index (χ0v) is 10.5. The molecule has 0 radical (unpaired) electrons. The predicted octanol–water partition coefficient (Wildman–Crippen LogP) is 2.85. The van der Waals surface area contributed by atoms with E-state index in [0.29, 0.717) is 18.7 Å². The van der Waals surface area contributed by atoms with Crippen molar-refractivity contribution < 1.29 is 5.11 Å². The van der Waals surface area contributed by atoms with E-state index in [2.05, 4.69) is 5.32 Å². The summed E-state index contributed by atoms with van der Waals surface area (Å²) in [6.45, 7) is 0.334. The summed E-state index contributed by atoms with van der Waals surface area (Å²) < 4.78 is 0. The van der Waals surface area contributed by atoms with Crippen LogP contribution >= 0.6 is 0 Å². The van der Waals surface area contributed by atoms with Gasteiger partial charge in [0.2, 0.25) is 0 Å². The Morgan fingerprint density at radius 1 is 0.875 bits per heavy atom. The number of rotatable bonds is 4. The Hall–Kier alpha value is -0.0800. The summed E-state index contributed by atoms with van der Waals surface area (Å²) in [4.78, 5) is 0. The number of hydrogen-bond acceptors (Lipinski definition) is 2. The number of aliphatic hydroxyl groups is 1. The van der Waals surface area contributed by atoms with Crippen LogP contribution in [0.15, 0.2) is 0 Å². The molecule has 16 heavy (non-hydrogen) atoms. The molecule has 0 amide bonds. The highest BCUT2D eigenvalue weighted by molar-refractivity contribution is 4.83. The molecule has 0 aliphatic heterocycles. The summed E-state index contributed by atoms with van der Waals surface area (Å²) in [7, 11) is 0. The van der Waals surface area contributed by atoms with Gasteiger partial charge in [-0.1, -0.05) is 38.5 Å². The first-order valence-corrected chi connectivity index (χ1v) is 7.27. The first-order chi connectivity index (χ1) is 7.90.